The number of benzene rings is 1. The van der Waals surface area contributed by atoms with Crippen molar-refractivity contribution in [2.45, 2.75) is 33.6 Å². The maximum atomic E-state index is 12.2. The Morgan fingerprint density at radius 1 is 1.26 bits per heavy atom. The number of unbranched alkanes of at least 4 members (excludes halogenated alkanes) is 1. The number of rotatable bonds is 7. The first-order valence-corrected chi connectivity index (χ1v) is 7.91. The lowest BCUT2D eigenvalue weighted by atomic mass is 10.1. The van der Waals surface area contributed by atoms with Gasteiger partial charge in [0.2, 0.25) is 0 Å². The van der Waals surface area contributed by atoms with Crippen LogP contribution in [0.25, 0.3) is 10.9 Å². The SMILES string of the molecule is CCCCOc1c(C)c(C(=O)OCC)nc2c(OC)cccc12. The van der Waals surface area contributed by atoms with Crippen LogP contribution in [0, 0.1) is 6.92 Å². The van der Waals surface area contributed by atoms with Gasteiger partial charge in [0.15, 0.2) is 5.69 Å². The van der Waals surface area contributed by atoms with Gasteiger partial charge in [0.25, 0.3) is 0 Å². The van der Waals surface area contributed by atoms with Crippen LogP contribution in [0.5, 0.6) is 11.5 Å². The van der Waals surface area contributed by atoms with Crippen LogP contribution in [0.2, 0.25) is 0 Å². The van der Waals surface area contributed by atoms with Gasteiger partial charge in [-0.3, -0.25) is 0 Å². The highest BCUT2D eigenvalue weighted by molar-refractivity contribution is 5.98. The van der Waals surface area contributed by atoms with Crippen LogP contribution in [0.1, 0.15) is 42.7 Å². The van der Waals surface area contributed by atoms with Crippen LogP contribution in [0.15, 0.2) is 18.2 Å². The van der Waals surface area contributed by atoms with Gasteiger partial charge in [-0.25, -0.2) is 9.78 Å². The average Bonchev–Trinajstić information content (AvgIpc) is 2.56. The third kappa shape index (κ3) is 3.55. The molecule has 2 rings (SSSR count). The van der Waals surface area contributed by atoms with Crippen LogP contribution >= 0.6 is 0 Å². The lowest BCUT2D eigenvalue weighted by molar-refractivity contribution is 0.0518. The van der Waals surface area contributed by atoms with Crippen molar-refractivity contribution in [3.8, 4) is 11.5 Å². The second kappa shape index (κ2) is 7.81. The van der Waals surface area contributed by atoms with Crippen molar-refractivity contribution in [2.24, 2.45) is 0 Å². The molecule has 23 heavy (non-hydrogen) atoms. The van der Waals surface area contributed by atoms with Crippen molar-refractivity contribution < 1.29 is 19.0 Å². The molecule has 0 atom stereocenters. The molecule has 5 nitrogen and oxygen atoms in total. The molecular formula is C18H23NO4. The van der Waals surface area contributed by atoms with Gasteiger partial charge in [0.1, 0.15) is 17.0 Å². The van der Waals surface area contributed by atoms with E-state index in [4.69, 9.17) is 14.2 Å². The first kappa shape index (κ1) is 17.1. The predicted molar refractivity (Wildman–Crippen MR) is 89.4 cm³/mol. The molecule has 0 amide bonds. The first-order valence-electron chi connectivity index (χ1n) is 7.91. The summed E-state index contributed by atoms with van der Waals surface area (Å²) in [6, 6.07) is 5.63. The largest absolute Gasteiger partial charge is 0.494 e. The molecule has 5 heteroatoms. The zero-order valence-electron chi connectivity index (χ0n) is 14.1. The molecule has 0 spiro atoms. The van der Waals surface area contributed by atoms with Gasteiger partial charge in [-0.2, -0.15) is 0 Å². The van der Waals surface area contributed by atoms with Crippen molar-refractivity contribution in [3.63, 3.8) is 0 Å². The molecule has 0 bridgehead atoms. The fourth-order valence-electron chi connectivity index (χ4n) is 2.39. The van der Waals surface area contributed by atoms with Crippen LogP contribution in [0.4, 0.5) is 0 Å². The minimum absolute atomic E-state index is 0.273. The standard InChI is InChI=1S/C18H23NO4/c1-5-7-11-23-17-12(3)15(18(20)22-6-2)19-16-13(17)9-8-10-14(16)21-4/h8-10H,5-7,11H2,1-4H3. The molecule has 0 radical (unpaired) electrons. The molecule has 0 aliphatic heterocycles. The van der Waals surface area contributed by atoms with E-state index in [2.05, 4.69) is 11.9 Å². The maximum absolute atomic E-state index is 12.2. The number of fused-ring (bicyclic) bond motifs is 1. The summed E-state index contributed by atoms with van der Waals surface area (Å²) < 4.78 is 16.4. The van der Waals surface area contributed by atoms with Crippen molar-refractivity contribution in [1.82, 2.24) is 4.98 Å². The van der Waals surface area contributed by atoms with E-state index in [1.54, 1.807) is 14.0 Å². The van der Waals surface area contributed by atoms with E-state index in [0.717, 1.165) is 18.2 Å². The molecule has 1 aromatic heterocycles. The molecule has 124 valence electrons. The lowest BCUT2D eigenvalue weighted by Crippen LogP contribution is -2.12. The molecule has 1 heterocycles. The van der Waals surface area contributed by atoms with E-state index in [0.29, 0.717) is 35.8 Å². The molecular weight excluding hydrogens is 294 g/mol. The highest BCUT2D eigenvalue weighted by Crippen LogP contribution is 2.35. The third-order valence-corrected chi connectivity index (χ3v) is 3.60. The van der Waals surface area contributed by atoms with Gasteiger partial charge in [-0.15, -0.1) is 0 Å². The Bertz CT molecular complexity index is 697. The zero-order chi connectivity index (χ0) is 16.8. The summed E-state index contributed by atoms with van der Waals surface area (Å²) in [4.78, 5) is 16.7. The Hall–Kier alpha value is -2.30. The van der Waals surface area contributed by atoms with Crippen molar-refractivity contribution in [2.75, 3.05) is 20.3 Å². The molecule has 0 N–H and O–H groups in total. The van der Waals surface area contributed by atoms with E-state index in [1.165, 1.54) is 0 Å². The van der Waals surface area contributed by atoms with Gasteiger partial charge < -0.3 is 14.2 Å². The minimum atomic E-state index is -0.446. The zero-order valence-corrected chi connectivity index (χ0v) is 14.1. The third-order valence-electron chi connectivity index (χ3n) is 3.60. The molecule has 0 saturated heterocycles. The van der Waals surface area contributed by atoms with E-state index < -0.39 is 5.97 Å². The number of para-hydroxylation sites is 1. The summed E-state index contributed by atoms with van der Waals surface area (Å²) in [7, 11) is 1.58. The minimum Gasteiger partial charge on any atom is -0.494 e. The van der Waals surface area contributed by atoms with E-state index in [9.17, 15) is 4.79 Å². The van der Waals surface area contributed by atoms with E-state index in [1.807, 2.05) is 25.1 Å². The summed E-state index contributed by atoms with van der Waals surface area (Å²) in [5.41, 5.74) is 1.57. The summed E-state index contributed by atoms with van der Waals surface area (Å²) in [5, 5.41) is 0.839. The number of ether oxygens (including phenoxy) is 3. The summed E-state index contributed by atoms with van der Waals surface area (Å²) in [6.45, 7) is 6.60. The molecule has 0 aliphatic rings. The van der Waals surface area contributed by atoms with Gasteiger partial charge >= 0.3 is 5.97 Å². The van der Waals surface area contributed by atoms with Gasteiger partial charge in [0, 0.05) is 10.9 Å². The Balaban J connectivity index is 2.63. The Morgan fingerprint density at radius 2 is 2.04 bits per heavy atom. The number of aromatic nitrogens is 1. The predicted octanol–water partition coefficient (Wildman–Crippen LogP) is 3.91. The van der Waals surface area contributed by atoms with Crippen LogP contribution < -0.4 is 9.47 Å². The fourth-order valence-corrected chi connectivity index (χ4v) is 2.39. The number of hydrogen-bond acceptors (Lipinski definition) is 5. The Kier molecular flexibility index (Phi) is 5.79. The van der Waals surface area contributed by atoms with Gasteiger partial charge in [-0.05, 0) is 32.4 Å². The second-order valence-electron chi connectivity index (χ2n) is 5.19. The number of pyridine rings is 1. The van der Waals surface area contributed by atoms with E-state index in [-0.39, 0.29) is 5.69 Å². The number of methoxy groups -OCH3 is 1. The molecule has 0 fully saturated rings. The maximum Gasteiger partial charge on any atom is 0.357 e. The smallest absolute Gasteiger partial charge is 0.357 e. The average molecular weight is 317 g/mol. The first-order chi connectivity index (χ1) is 11.1. The second-order valence-corrected chi connectivity index (χ2v) is 5.19. The highest BCUT2D eigenvalue weighted by atomic mass is 16.5. The van der Waals surface area contributed by atoms with Crippen LogP contribution in [-0.2, 0) is 4.74 Å². The van der Waals surface area contributed by atoms with Crippen LogP contribution in [-0.4, -0.2) is 31.3 Å². The Labute approximate surface area is 136 Å². The van der Waals surface area contributed by atoms with E-state index >= 15 is 0 Å². The molecule has 1 aromatic carbocycles. The van der Waals surface area contributed by atoms with Gasteiger partial charge in [0.05, 0.1) is 20.3 Å². The number of carbonyl (C=O) groups excluding carboxylic acids is 1. The monoisotopic (exact) mass is 317 g/mol. The van der Waals surface area contributed by atoms with Crippen molar-refractivity contribution in [1.29, 1.82) is 0 Å². The normalized spacial score (nSPS) is 10.6. The van der Waals surface area contributed by atoms with Crippen LogP contribution in [0.3, 0.4) is 0 Å². The molecule has 2 aromatic rings. The number of esters is 1. The number of hydrogen-bond donors (Lipinski definition) is 0. The topological polar surface area (TPSA) is 57.7 Å². The van der Waals surface area contributed by atoms with Crippen molar-refractivity contribution in [3.05, 3.63) is 29.5 Å². The molecule has 0 unspecified atom stereocenters. The molecule has 0 saturated carbocycles. The van der Waals surface area contributed by atoms with Crippen molar-refractivity contribution >= 4 is 16.9 Å². The number of carbonyl (C=O) groups is 1. The fraction of sp³-hybridized carbons (Fsp3) is 0.444. The Morgan fingerprint density at radius 3 is 2.70 bits per heavy atom. The summed E-state index contributed by atoms with van der Waals surface area (Å²) >= 11 is 0. The summed E-state index contributed by atoms with van der Waals surface area (Å²) in [5.74, 6) is 0.831. The highest BCUT2D eigenvalue weighted by Gasteiger charge is 2.21. The quantitative estimate of drug-likeness (QED) is 0.572. The summed E-state index contributed by atoms with van der Waals surface area (Å²) in [6.07, 6.45) is 1.98. The van der Waals surface area contributed by atoms with Gasteiger partial charge in [-0.1, -0.05) is 19.4 Å². The molecule has 0 aliphatic carbocycles. The number of nitrogens with zero attached hydrogens (tertiary/aromatic N) is 1. The lowest BCUT2D eigenvalue weighted by Gasteiger charge is -2.16.